The maximum Gasteiger partial charge on any atom is 0.0758 e. The van der Waals surface area contributed by atoms with Crippen LogP contribution in [0.2, 0.25) is 0 Å². The van der Waals surface area contributed by atoms with Gasteiger partial charge in [-0.1, -0.05) is 43.2 Å². The molecule has 0 N–H and O–H groups in total. The van der Waals surface area contributed by atoms with E-state index in [-0.39, 0.29) is 0 Å². The molecular weight excluding hydrogens is 246 g/mol. The lowest BCUT2D eigenvalue weighted by Crippen LogP contribution is -2.32. The summed E-state index contributed by atoms with van der Waals surface area (Å²) in [5.41, 5.74) is 2.64. The predicted octanol–water partition coefficient (Wildman–Crippen LogP) is 3.85. The second-order valence-corrected chi connectivity index (χ2v) is 5.61. The van der Waals surface area contributed by atoms with Gasteiger partial charge >= 0.3 is 0 Å². The molecular formula is C17H23N3. The van der Waals surface area contributed by atoms with E-state index in [0.29, 0.717) is 6.04 Å². The number of nitrogens with zero attached hydrogens (tertiary/aromatic N) is 3. The molecule has 0 amide bonds. The molecule has 0 unspecified atom stereocenters. The minimum atomic E-state index is 0.671. The van der Waals surface area contributed by atoms with Crippen LogP contribution in [0.15, 0.2) is 42.7 Å². The van der Waals surface area contributed by atoms with Gasteiger partial charge in [-0.2, -0.15) is 5.10 Å². The average Bonchev–Trinajstić information content (AvgIpc) is 3.17. The molecule has 1 heterocycles. The maximum absolute atomic E-state index is 4.44. The highest BCUT2D eigenvalue weighted by Gasteiger charge is 2.23. The fraction of sp³-hybridized carbons (Fsp3) is 0.471. The zero-order valence-corrected chi connectivity index (χ0v) is 12.2. The van der Waals surface area contributed by atoms with Crippen molar-refractivity contribution in [3.63, 3.8) is 0 Å². The van der Waals surface area contributed by atoms with Crippen LogP contribution in [0, 0.1) is 0 Å². The number of rotatable bonds is 5. The average molecular weight is 269 g/mol. The molecule has 106 valence electrons. The molecule has 1 aliphatic rings. The molecule has 0 radical (unpaired) electrons. The molecule has 3 nitrogen and oxygen atoms in total. The molecule has 0 bridgehead atoms. The molecule has 1 fully saturated rings. The van der Waals surface area contributed by atoms with Gasteiger partial charge in [0.2, 0.25) is 0 Å². The van der Waals surface area contributed by atoms with Crippen LogP contribution in [-0.4, -0.2) is 15.8 Å². The summed E-state index contributed by atoms with van der Waals surface area (Å²) in [7, 11) is 0. The second kappa shape index (κ2) is 6.12. The number of anilines is 1. The first kappa shape index (κ1) is 13.2. The lowest BCUT2D eigenvalue weighted by Gasteiger charge is -2.30. The topological polar surface area (TPSA) is 21.1 Å². The van der Waals surface area contributed by atoms with E-state index in [2.05, 4.69) is 53.5 Å². The van der Waals surface area contributed by atoms with E-state index >= 15 is 0 Å². The Morgan fingerprint density at radius 2 is 1.95 bits per heavy atom. The lowest BCUT2D eigenvalue weighted by atomic mass is 10.1. The number of aryl methyl sites for hydroxylation is 1. The van der Waals surface area contributed by atoms with E-state index in [1.165, 1.54) is 36.9 Å². The molecule has 20 heavy (non-hydrogen) atoms. The van der Waals surface area contributed by atoms with Gasteiger partial charge in [-0.15, -0.1) is 0 Å². The van der Waals surface area contributed by atoms with Gasteiger partial charge in [0, 0.05) is 25.3 Å². The minimum Gasteiger partial charge on any atom is -0.362 e. The Morgan fingerprint density at radius 1 is 1.20 bits per heavy atom. The Hall–Kier alpha value is -1.77. The SMILES string of the molecule is CCn1cc(N(Cc2ccccc2)C2CCCC2)cn1. The summed E-state index contributed by atoms with van der Waals surface area (Å²) in [6.07, 6.45) is 9.54. The van der Waals surface area contributed by atoms with E-state index < -0.39 is 0 Å². The van der Waals surface area contributed by atoms with Crippen molar-refractivity contribution >= 4 is 5.69 Å². The van der Waals surface area contributed by atoms with E-state index in [1.54, 1.807) is 0 Å². The van der Waals surface area contributed by atoms with Gasteiger partial charge in [-0.05, 0) is 25.3 Å². The maximum atomic E-state index is 4.44. The fourth-order valence-electron chi connectivity index (χ4n) is 3.10. The van der Waals surface area contributed by atoms with Crippen LogP contribution in [0.4, 0.5) is 5.69 Å². The highest BCUT2D eigenvalue weighted by Crippen LogP contribution is 2.29. The molecule has 1 aromatic carbocycles. The second-order valence-electron chi connectivity index (χ2n) is 5.61. The lowest BCUT2D eigenvalue weighted by molar-refractivity contribution is 0.603. The quantitative estimate of drug-likeness (QED) is 0.822. The number of aromatic nitrogens is 2. The smallest absolute Gasteiger partial charge is 0.0758 e. The van der Waals surface area contributed by atoms with Gasteiger partial charge in [0.1, 0.15) is 0 Å². The number of benzene rings is 1. The summed E-state index contributed by atoms with van der Waals surface area (Å²) in [5.74, 6) is 0. The highest BCUT2D eigenvalue weighted by atomic mass is 15.3. The molecule has 0 aliphatic heterocycles. The summed E-state index contributed by atoms with van der Waals surface area (Å²) in [6.45, 7) is 4.05. The number of hydrogen-bond donors (Lipinski definition) is 0. The molecule has 0 atom stereocenters. The summed E-state index contributed by atoms with van der Waals surface area (Å²) in [5, 5.41) is 4.44. The Balaban J connectivity index is 1.83. The normalized spacial score (nSPS) is 15.7. The van der Waals surface area contributed by atoms with E-state index in [0.717, 1.165) is 13.1 Å². The van der Waals surface area contributed by atoms with Crippen LogP contribution < -0.4 is 4.90 Å². The van der Waals surface area contributed by atoms with Crippen LogP contribution in [0.3, 0.4) is 0 Å². The first-order chi connectivity index (χ1) is 9.86. The number of hydrogen-bond acceptors (Lipinski definition) is 2. The van der Waals surface area contributed by atoms with Crippen molar-refractivity contribution < 1.29 is 0 Å². The molecule has 1 aliphatic carbocycles. The van der Waals surface area contributed by atoms with E-state index in [4.69, 9.17) is 0 Å². The molecule has 0 spiro atoms. The van der Waals surface area contributed by atoms with Gasteiger partial charge in [0.25, 0.3) is 0 Å². The predicted molar refractivity (Wildman–Crippen MR) is 82.8 cm³/mol. The van der Waals surface area contributed by atoms with Gasteiger partial charge in [0.15, 0.2) is 0 Å². The Kier molecular flexibility index (Phi) is 4.05. The van der Waals surface area contributed by atoms with Crippen molar-refractivity contribution in [1.82, 2.24) is 9.78 Å². The summed E-state index contributed by atoms with van der Waals surface area (Å²) >= 11 is 0. The Labute approximate surface area is 121 Å². The van der Waals surface area contributed by atoms with Gasteiger partial charge in [-0.3, -0.25) is 4.68 Å². The zero-order valence-electron chi connectivity index (χ0n) is 12.2. The van der Waals surface area contributed by atoms with Crippen LogP contribution >= 0.6 is 0 Å². The first-order valence-electron chi connectivity index (χ1n) is 7.70. The Morgan fingerprint density at radius 3 is 2.60 bits per heavy atom. The standard InChI is InChI=1S/C17H23N3/c1-2-19-14-17(12-18-19)20(16-10-6-7-11-16)13-15-8-4-3-5-9-15/h3-5,8-9,12,14,16H,2,6-7,10-11,13H2,1H3. The summed E-state index contributed by atoms with van der Waals surface area (Å²) in [4.78, 5) is 2.54. The molecule has 1 saturated carbocycles. The first-order valence-corrected chi connectivity index (χ1v) is 7.70. The molecule has 1 aromatic heterocycles. The monoisotopic (exact) mass is 269 g/mol. The highest BCUT2D eigenvalue weighted by molar-refractivity contribution is 5.45. The van der Waals surface area contributed by atoms with Crippen molar-refractivity contribution in [3.8, 4) is 0 Å². The van der Waals surface area contributed by atoms with Gasteiger partial charge in [0.05, 0.1) is 11.9 Å². The van der Waals surface area contributed by atoms with Crippen molar-refractivity contribution in [3.05, 3.63) is 48.3 Å². The van der Waals surface area contributed by atoms with Crippen molar-refractivity contribution in [2.75, 3.05) is 4.90 Å². The molecule has 3 rings (SSSR count). The third kappa shape index (κ3) is 2.87. The van der Waals surface area contributed by atoms with Gasteiger partial charge in [-0.25, -0.2) is 0 Å². The molecule has 0 saturated heterocycles. The van der Waals surface area contributed by atoms with Crippen LogP contribution in [0.5, 0.6) is 0 Å². The van der Waals surface area contributed by atoms with Crippen LogP contribution in [0.25, 0.3) is 0 Å². The fourth-order valence-corrected chi connectivity index (χ4v) is 3.10. The van der Waals surface area contributed by atoms with Crippen LogP contribution in [0.1, 0.15) is 38.2 Å². The Bertz CT molecular complexity index is 526. The van der Waals surface area contributed by atoms with Crippen molar-refractivity contribution in [1.29, 1.82) is 0 Å². The summed E-state index contributed by atoms with van der Waals surface area (Å²) < 4.78 is 2.02. The van der Waals surface area contributed by atoms with Crippen molar-refractivity contribution in [2.24, 2.45) is 0 Å². The van der Waals surface area contributed by atoms with E-state index in [1.807, 2.05) is 10.9 Å². The third-order valence-corrected chi connectivity index (χ3v) is 4.24. The van der Waals surface area contributed by atoms with Crippen molar-refractivity contribution in [2.45, 2.75) is 51.7 Å². The van der Waals surface area contributed by atoms with E-state index in [9.17, 15) is 0 Å². The molecule has 2 aromatic rings. The minimum absolute atomic E-state index is 0.671. The van der Waals surface area contributed by atoms with Crippen LogP contribution in [-0.2, 0) is 13.1 Å². The van der Waals surface area contributed by atoms with Gasteiger partial charge < -0.3 is 4.90 Å². The largest absolute Gasteiger partial charge is 0.362 e. The molecule has 3 heteroatoms. The third-order valence-electron chi connectivity index (χ3n) is 4.24. The zero-order chi connectivity index (χ0) is 13.8. The summed E-state index contributed by atoms with van der Waals surface area (Å²) in [6, 6.07) is 11.4.